The van der Waals surface area contributed by atoms with Crippen LogP contribution in [0, 0.1) is 0 Å². The first-order valence-electron chi connectivity index (χ1n) is 11.8. The Bertz CT molecular complexity index is 1170. The number of halogens is 2. The van der Waals surface area contributed by atoms with Gasteiger partial charge in [0.2, 0.25) is 0 Å². The van der Waals surface area contributed by atoms with Gasteiger partial charge in [0, 0.05) is 49.7 Å². The average molecular weight is 501 g/mol. The van der Waals surface area contributed by atoms with Crippen molar-refractivity contribution in [1.82, 2.24) is 15.2 Å². The molecule has 10 heteroatoms. The number of alkyl halides is 2. The number of likely N-dealkylation sites (tertiary alicyclic amines) is 1. The van der Waals surface area contributed by atoms with Gasteiger partial charge in [0.25, 0.3) is 11.8 Å². The molecule has 2 aromatic rings. The highest BCUT2D eigenvalue weighted by Crippen LogP contribution is 2.35. The highest BCUT2D eigenvalue weighted by Gasteiger charge is 2.36. The SMILES string of the molecule is CNC(=O)N1N=C(c2ccc(C(=O)N3CCC(F)(F)CC3)cc2)c2cc(OC)c(OC)cc2CC1C. The average Bonchev–Trinajstić information content (AvgIpc) is 3.02. The first-order valence-corrected chi connectivity index (χ1v) is 11.8. The van der Waals surface area contributed by atoms with E-state index in [1.165, 1.54) is 9.91 Å². The third-order valence-corrected chi connectivity index (χ3v) is 6.61. The summed E-state index contributed by atoms with van der Waals surface area (Å²) < 4.78 is 38.0. The summed E-state index contributed by atoms with van der Waals surface area (Å²) in [6.45, 7) is 1.95. The van der Waals surface area contributed by atoms with Crippen LogP contribution in [0.3, 0.4) is 0 Å². The van der Waals surface area contributed by atoms with Crippen LogP contribution in [0.2, 0.25) is 0 Å². The number of hydrogen-bond donors (Lipinski definition) is 1. The highest BCUT2D eigenvalue weighted by molar-refractivity contribution is 6.15. The number of urea groups is 1. The first kappa shape index (κ1) is 25.4. The molecule has 2 aliphatic rings. The van der Waals surface area contributed by atoms with Crippen molar-refractivity contribution in [2.24, 2.45) is 5.10 Å². The number of hydrogen-bond acceptors (Lipinski definition) is 5. The lowest BCUT2D eigenvalue weighted by Gasteiger charge is -2.31. The summed E-state index contributed by atoms with van der Waals surface area (Å²) in [5.41, 5.74) is 3.34. The van der Waals surface area contributed by atoms with Crippen LogP contribution < -0.4 is 14.8 Å². The van der Waals surface area contributed by atoms with Crippen LogP contribution in [0.4, 0.5) is 13.6 Å². The monoisotopic (exact) mass is 500 g/mol. The second kappa shape index (κ2) is 10.1. The third-order valence-electron chi connectivity index (χ3n) is 6.61. The largest absolute Gasteiger partial charge is 0.493 e. The number of rotatable bonds is 4. The Morgan fingerprint density at radius 1 is 1.06 bits per heavy atom. The Labute approximate surface area is 208 Å². The van der Waals surface area contributed by atoms with Crippen LogP contribution in [0.5, 0.6) is 11.5 Å². The molecule has 2 heterocycles. The van der Waals surface area contributed by atoms with E-state index in [0.29, 0.717) is 34.8 Å². The van der Waals surface area contributed by atoms with E-state index in [4.69, 9.17) is 14.6 Å². The van der Waals surface area contributed by atoms with Crippen LogP contribution >= 0.6 is 0 Å². The van der Waals surface area contributed by atoms with E-state index in [-0.39, 0.29) is 43.9 Å². The zero-order valence-electron chi connectivity index (χ0n) is 20.8. The molecule has 3 amide bonds. The topological polar surface area (TPSA) is 83.5 Å². The Kier molecular flexibility index (Phi) is 7.14. The Balaban J connectivity index is 1.72. The number of piperidine rings is 1. The molecule has 1 fully saturated rings. The molecule has 0 aliphatic carbocycles. The van der Waals surface area contributed by atoms with Crippen molar-refractivity contribution in [2.45, 2.75) is 38.2 Å². The summed E-state index contributed by atoms with van der Waals surface area (Å²) in [6.07, 6.45) is -0.126. The zero-order chi connectivity index (χ0) is 26.0. The van der Waals surface area contributed by atoms with Crippen LogP contribution in [0.25, 0.3) is 0 Å². The maximum absolute atomic E-state index is 13.5. The number of nitrogens with one attached hydrogen (secondary N) is 1. The fraction of sp³-hybridized carbons (Fsp3) is 0.423. The Hall–Kier alpha value is -3.69. The number of benzene rings is 2. The van der Waals surface area contributed by atoms with Gasteiger partial charge in [-0.05, 0) is 43.2 Å². The molecule has 0 saturated carbocycles. The van der Waals surface area contributed by atoms with Crippen molar-refractivity contribution >= 4 is 17.6 Å². The highest BCUT2D eigenvalue weighted by atomic mass is 19.3. The van der Waals surface area contributed by atoms with Crippen molar-refractivity contribution < 1.29 is 27.8 Å². The minimum Gasteiger partial charge on any atom is -0.493 e. The van der Waals surface area contributed by atoms with Gasteiger partial charge in [0.05, 0.1) is 26.0 Å². The molecule has 192 valence electrons. The molecule has 1 N–H and O–H groups in total. The third kappa shape index (κ3) is 4.98. The molecular formula is C26H30F2N4O4. The van der Waals surface area contributed by atoms with E-state index < -0.39 is 5.92 Å². The minimum atomic E-state index is -2.72. The summed E-state index contributed by atoms with van der Waals surface area (Å²) in [5.74, 6) is -1.90. The maximum Gasteiger partial charge on any atom is 0.337 e. The van der Waals surface area contributed by atoms with Gasteiger partial charge in [-0.3, -0.25) is 4.79 Å². The predicted octanol–water partition coefficient (Wildman–Crippen LogP) is 3.91. The van der Waals surface area contributed by atoms with E-state index in [1.54, 1.807) is 45.5 Å². The molecular weight excluding hydrogens is 470 g/mol. The van der Waals surface area contributed by atoms with Gasteiger partial charge in [-0.2, -0.15) is 5.10 Å². The van der Waals surface area contributed by atoms with Crippen molar-refractivity contribution in [3.05, 3.63) is 58.7 Å². The number of carbonyl (C=O) groups is 2. The lowest BCUT2D eigenvalue weighted by atomic mass is 9.93. The number of methoxy groups -OCH3 is 2. The second-order valence-electron chi connectivity index (χ2n) is 8.99. The van der Waals surface area contributed by atoms with E-state index in [1.807, 2.05) is 19.1 Å². The number of ether oxygens (including phenoxy) is 2. The van der Waals surface area contributed by atoms with Gasteiger partial charge in [-0.15, -0.1) is 0 Å². The smallest absolute Gasteiger partial charge is 0.337 e. The van der Waals surface area contributed by atoms with Gasteiger partial charge in [0.1, 0.15) is 0 Å². The predicted molar refractivity (Wildman–Crippen MR) is 131 cm³/mol. The maximum atomic E-state index is 13.5. The van der Waals surface area contributed by atoms with Gasteiger partial charge < -0.3 is 19.7 Å². The molecule has 0 bridgehead atoms. The molecule has 4 rings (SSSR count). The second-order valence-corrected chi connectivity index (χ2v) is 8.99. The first-order chi connectivity index (χ1) is 17.2. The molecule has 2 aliphatic heterocycles. The van der Waals surface area contributed by atoms with Gasteiger partial charge in [-0.1, -0.05) is 12.1 Å². The summed E-state index contributed by atoms with van der Waals surface area (Å²) in [7, 11) is 4.66. The number of amides is 3. The van der Waals surface area contributed by atoms with Gasteiger partial charge in [-0.25, -0.2) is 18.6 Å². The normalized spacial score (nSPS) is 19.1. The fourth-order valence-electron chi connectivity index (χ4n) is 4.54. The number of nitrogens with zero attached hydrogens (tertiary/aromatic N) is 3. The minimum absolute atomic E-state index is 0.0221. The molecule has 0 radical (unpaired) electrons. The summed E-state index contributed by atoms with van der Waals surface area (Å²) >= 11 is 0. The van der Waals surface area contributed by atoms with Crippen LogP contribution in [0.1, 0.15) is 46.8 Å². The standard InChI is InChI=1S/C26H30F2N4O4/c1-16-13-19-14-21(35-3)22(36-4)15-20(19)23(30-32(16)25(34)29-2)17-5-7-18(8-6-17)24(33)31-11-9-26(27,28)10-12-31/h5-8,14-16H,9-13H2,1-4H3,(H,29,34). The molecule has 1 saturated heterocycles. The van der Waals surface area contributed by atoms with E-state index in [9.17, 15) is 18.4 Å². The molecule has 36 heavy (non-hydrogen) atoms. The van der Waals surface area contributed by atoms with E-state index in [2.05, 4.69) is 5.32 Å². The molecule has 0 spiro atoms. The molecule has 0 aromatic heterocycles. The number of carbonyl (C=O) groups excluding carboxylic acids is 2. The van der Waals surface area contributed by atoms with E-state index in [0.717, 1.165) is 11.1 Å². The lowest BCUT2D eigenvalue weighted by Crippen LogP contribution is -2.42. The van der Waals surface area contributed by atoms with Crippen LogP contribution in [0.15, 0.2) is 41.5 Å². The van der Waals surface area contributed by atoms with Crippen LogP contribution in [-0.2, 0) is 6.42 Å². The van der Waals surface area contributed by atoms with Gasteiger partial charge in [0.15, 0.2) is 11.5 Å². The summed E-state index contributed by atoms with van der Waals surface area (Å²) in [6, 6.07) is 9.96. The number of hydrazone groups is 1. The molecule has 1 atom stereocenters. The van der Waals surface area contributed by atoms with Crippen molar-refractivity contribution in [1.29, 1.82) is 0 Å². The molecule has 8 nitrogen and oxygen atoms in total. The van der Waals surface area contributed by atoms with Gasteiger partial charge >= 0.3 is 6.03 Å². The summed E-state index contributed by atoms with van der Waals surface area (Å²) in [5, 5.41) is 8.75. The van der Waals surface area contributed by atoms with Crippen molar-refractivity contribution in [3.8, 4) is 11.5 Å². The summed E-state index contributed by atoms with van der Waals surface area (Å²) in [4.78, 5) is 27.0. The molecule has 1 unspecified atom stereocenters. The fourth-order valence-corrected chi connectivity index (χ4v) is 4.54. The lowest BCUT2D eigenvalue weighted by molar-refractivity contribution is -0.0494. The van der Waals surface area contributed by atoms with Crippen molar-refractivity contribution in [3.63, 3.8) is 0 Å². The van der Waals surface area contributed by atoms with E-state index >= 15 is 0 Å². The number of fused-ring (bicyclic) bond motifs is 1. The van der Waals surface area contributed by atoms with Crippen molar-refractivity contribution in [2.75, 3.05) is 34.4 Å². The Morgan fingerprint density at radius 3 is 2.25 bits per heavy atom. The zero-order valence-corrected chi connectivity index (χ0v) is 20.8. The molecule has 2 aromatic carbocycles. The quantitative estimate of drug-likeness (QED) is 0.690. The van der Waals surface area contributed by atoms with Crippen LogP contribution in [-0.4, -0.2) is 73.9 Å². The Morgan fingerprint density at radius 2 is 1.67 bits per heavy atom.